The molecule has 1 unspecified atom stereocenters. The van der Waals surface area contributed by atoms with Crippen LogP contribution in [0.2, 0.25) is 0 Å². The molecule has 0 bridgehead atoms. The maximum absolute atomic E-state index is 12.5. The number of carbonyl (C=O) groups is 3. The summed E-state index contributed by atoms with van der Waals surface area (Å²) in [7, 11) is 0. The molecule has 2 amide bonds. The molecule has 2 aromatic rings. The Bertz CT molecular complexity index is 1060. The number of hydrogen-bond donors (Lipinski definition) is 3. The van der Waals surface area contributed by atoms with E-state index in [-0.39, 0.29) is 36.9 Å². The predicted molar refractivity (Wildman–Crippen MR) is 130 cm³/mol. The van der Waals surface area contributed by atoms with E-state index in [1.807, 2.05) is 29.2 Å². The summed E-state index contributed by atoms with van der Waals surface area (Å²) in [4.78, 5) is 38.2. The maximum Gasteiger partial charge on any atom is 0.407 e. The standard InChI is InChI=1S/C27H31N3O5/c31-24(29-25(26(32)33)17-9-10-17)15-30-13-11-18(12-14-30)28-27(34)35-16-23-21-7-3-1-5-19(21)20-6-2-4-8-22(20)23/h1-8,17-18,23,25H,9-16H2,(H,28,34)(H,29,31)(H,32,33). The Morgan fingerprint density at radius 1 is 0.943 bits per heavy atom. The molecule has 35 heavy (non-hydrogen) atoms. The van der Waals surface area contributed by atoms with Gasteiger partial charge in [0.2, 0.25) is 5.91 Å². The van der Waals surface area contributed by atoms with Crippen LogP contribution in [0.25, 0.3) is 11.1 Å². The normalized spacial score (nSPS) is 18.9. The molecule has 184 valence electrons. The Balaban J connectivity index is 1.07. The van der Waals surface area contributed by atoms with Gasteiger partial charge in [0.15, 0.2) is 0 Å². The third kappa shape index (κ3) is 5.32. The molecular formula is C27H31N3O5. The van der Waals surface area contributed by atoms with Crippen molar-refractivity contribution in [3.8, 4) is 11.1 Å². The quantitative estimate of drug-likeness (QED) is 0.540. The minimum atomic E-state index is -0.966. The van der Waals surface area contributed by atoms with Gasteiger partial charge < -0.3 is 20.5 Å². The van der Waals surface area contributed by atoms with E-state index < -0.39 is 18.1 Å². The van der Waals surface area contributed by atoms with Gasteiger partial charge in [-0.3, -0.25) is 9.69 Å². The van der Waals surface area contributed by atoms with Crippen molar-refractivity contribution in [1.82, 2.24) is 15.5 Å². The Morgan fingerprint density at radius 2 is 1.54 bits per heavy atom. The number of carboxylic acid groups (broad SMARTS) is 1. The van der Waals surface area contributed by atoms with Crippen molar-refractivity contribution in [3.05, 3.63) is 59.7 Å². The summed E-state index contributed by atoms with van der Waals surface area (Å²) >= 11 is 0. The zero-order chi connectivity index (χ0) is 24.4. The topological polar surface area (TPSA) is 108 Å². The second-order valence-corrected chi connectivity index (χ2v) is 9.74. The SMILES string of the molecule is O=C(CN1CCC(NC(=O)OCC2c3ccccc3-c3ccccc32)CC1)NC(C(=O)O)C1CC1. The zero-order valence-corrected chi connectivity index (χ0v) is 19.6. The van der Waals surface area contributed by atoms with E-state index in [0.29, 0.717) is 25.9 Å². The van der Waals surface area contributed by atoms with E-state index in [1.165, 1.54) is 22.3 Å². The van der Waals surface area contributed by atoms with E-state index in [1.54, 1.807) is 0 Å². The highest BCUT2D eigenvalue weighted by Crippen LogP contribution is 2.44. The lowest BCUT2D eigenvalue weighted by Crippen LogP contribution is -2.50. The van der Waals surface area contributed by atoms with Gasteiger partial charge in [-0.25, -0.2) is 9.59 Å². The van der Waals surface area contributed by atoms with Crippen molar-refractivity contribution >= 4 is 18.0 Å². The number of benzene rings is 2. The van der Waals surface area contributed by atoms with Crippen LogP contribution >= 0.6 is 0 Å². The van der Waals surface area contributed by atoms with Crippen LogP contribution in [-0.2, 0) is 14.3 Å². The lowest BCUT2D eigenvalue weighted by atomic mass is 9.98. The molecule has 1 heterocycles. The summed E-state index contributed by atoms with van der Waals surface area (Å²) < 4.78 is 5.64. The molecule has 1 saturated carbocycles. The second kappa shape index (κ2) is 10.1. The van der Waals surface area contributed by atoms with Gasteiger partial charge in [-0.05, 0) is 53.9 Å². The Labute approximate surface area is 204 Å². The number of aliphatic carboxylic acids is 1. The molecule has 8 heteroatoms. The van der Waals surface area contributed by atoms with Crippen molar-refractivity contribution < 1.29 is 24.2 Å². The molecule has 3 aliphatic rings. The first-order valence-electron chi connectivity index (χ1n) is 12.4. The first kappa shape index (κ1) is 23.4. The predicted octanol–water partition coefficient (Wildman–Crippen LogP) is 2.97. The van der Waals surface area contributed by atoms with Gasteiger partial charge >= 0.3 is 12.1 Å². The van der Waals surface area contributed by atoms with Crippen LogP contribution < -0.4 is 10.6 Å². The van der Waals surface area contributed by atoms with Crippen LogP contribution in [0.15, 0.2) is 48.5 Å². The summed E-state index contributed by atoms with van der Waals surface area (Å²) in [6.07, 6.45) is 2.70. The van der Waals surface area contributed by atoms with Gasteiger partial charge in [-0.2, -0.15) is 0 Å². The van der Waals surface area contributed by atoms with E-state index in [2.05, 4.69) is 34.9 Å². The molecule has 2 aliphatic carbocycles. The number of fused-ring (bicyclic) bond motifs is 3. The van der Waals surface area contributed by atoms with E-state index in [4.69, 9.17) is 4.74 Å². The summed E-state index contributed by atoms with van der Waals surface area (Å²) in [6.45, 7) is 1.77. The van der Waals surface area contributed by atoms with Gasteiger partial charge in [-0.1, -0.05) is 48.5 Å². The number of ether oxygens (including phenoxy) is 1. The van der Waals surface area contributed by atoms with Crippen LogP contribution in [-0.4, -0.2) is 66.3 Å². The third-order valence-electron chi connectivity index (χ3n) is 7.30. The highest BCUT2D eigenvalue weighted by Gasteiger charge is 2.37. The number of nitrogens with one attached hydrogen (secondary N) is 2. The number of piperidine rings is 1. The van der Waals surface area contributed by atoms with Crippen LogP contribution in [0.4, 0.5) is 4.79 Å². The van der Waals surface area contributed by atoms with E-state index in [0.717, 1.165) is 12.8 Å². The Kier molecular flexibility index (Phi) is 6.72. The minimum absolute atomic E-state index is 0.0109. The van der Waals surface area contributed by atoms with Gasteiger partial charge in [0, 0.05) is 25.0 Å². The second-order valence-electron chi connectivity index (χ2n) is 9.74. The molecule has 3 N–H and O–H groups in total. The zero-order valence-electron chi connectivity index (χ0n) is 19.6. The fourth-order valence-electron chi connectivity index (χ4n) is 5.28. The van der Waals surface area contributed by atoms with Crippen LogP contribution in [0, 0.1) is 5.92 Å². The van der Waals surface area contributed by atoms with Gasteiger partial charge in [0.05, 0.1) is 6.54 Å². The fourth-order valence-corrected chi connectivity index (χ4v) is 5.28. The molecule has 2 aromatic carbocycles. The molecule has 0 spiro atoms. The molecule has 2 fully saturated rings. The summed E-state index contributed by atoms with van der Waals surface area (Å²) in [5.74, 6) is -1.14. The van der Waals surface area contributed by atoms with Gasteiger partial charge in [0.1, 0.15) is 12.6 Å². The van der Waals surface area contributed by atoms with Crippen LogP contribution in [0.5, 0.6) is 0 Å². The Morgan fingerprint density at radius 3 is 2.11 bits per heavy atom. The van der Waals surface area contributed by atoms with E-state index >= 15 is 0 Å². The van der Waals surface area contributed by atoms with Crippen molar-refractivity contribution in [1.29, 1.82) is 0 Å². The Hall–Kier alpha value is -3.39. The molecule has 0 radical (unpaired) electrons. The van der Waals surface area contributed by atoms with Crippen molar-refractivity contribution in [3.63, 3.8) is 0 Å². The highest BCUT2D eigenvalue weighted by atomic mass is 16.5. The molecule has 1 aliphatic heterocycles. The lowest BCUT2D eigenvalue weighted by Gasteiger charge is -2.32. The number of hydrogen-bond acceptors (Lipinski definition) is 5. The first-order chi connectivity index (χ1) is 17.0. The fraction of sp³-hybridized carbons (Fsp3) is 0.444. The number of carbonyl (C=O) groups excluding carboxylic acids is 2. The molecule has 5 rings (SSSR count). The van der Waals surface area contributed by atoms with Crippen LogP contribution in [0.3, 0.4) is 0 Å². The first-order valence-corrected chi connectivity index (χ1v) is 12.4. The number of carboxylic acids is 1. The third-order valence-corrected chi connectivity index (χ3v) is 7.30. The summed E-state index contributed by atoms with van der Waals surface area (Å²) in [5, 5.41) is 14.9. The smallest absolute Gasteiger partial charge is 0.407 e. The minimum Gasteiger partial charge on any atom is -0.480 e. The average molecular weight is 478 g/mol. The number of likely N-dealkylation sites (tertiary alicyclic amines) is 1. The molecular weight excluding hydrogens is 446 g/mol. The summed E-state index contributed by atoms with van der Waals surface area (Å²) in [6, 6.07) is 15.7. The number of rotatable bonds is 8. The van der Waals surface area contributed by atoms with Crippen molar-refractivity contribution in [2.75, 3.05) is 26.2 Å². The van der Waals surface area contributed by atoms with Crippen molar-refractivity contribution in [2.24, 2.45) is 5.92 Å². The number of nitrogens with zero attached hydrogens (tertiary/aromatic N) is 1. The number of amides is 2. The van der Waals surface area contributed by atoms with Gasteiger partial charge in [0.25, 0.3) is 0 Å². The highest BCUT2D eigenvalue weighted by molar-refractivity contribution is 5.85. The molecule has 8 nitrogen and oxygen atoms in total. The summed E-state index contributed by atoms with van der Waals surface area (Å²) in [5.41, 5.74) is 4.75. The van der Waals surface area contributed by atoms with Crippen molar-refractivity contribution in [2.45, 2.75) is 43.7 Å². The average Bonchev–Trinajstić information content (AvgIpc) is 3.65. The largest absolute Gasteiger partial charge is 0.480 e. The molecule has 0 aromatic heterocycles. The molecule has 1 atom stereocenters. The monoisotopic (exact) mass is 477 g/mol. The van der Waals surface area contributed by atoms with E-state index in [9.17, 15) is 19.5 Å². The van der Waals surface area contributed by atoms with Crippen LogP contribution in [0.1, 0.15) is 42.7 Å². The maximum atomic E-state index is 12.5. The number of alkyl carbamates (subject to hydrolysis) is 1. The van der Waals surface area contributed by atoms with Gasteiger partial charge in [-0.15, -0.1) is 0 Å². The lowest BCUT2D eigenvalue weighted by molar-refractivity contribution is -0.142. The molecule has 1 saturated heterocycles.